The summed E-state index contributed by atoms with van der Waals surface area (Å²) >= 11 is 0. The Labute approximate surface area is 87.8 Å². The van der Waals surface area contributed by atoms with E-state index < -0.39 is 0 Å². The van der Waals surface area contributed by atoms with Crippen LogP contribution in [0.5, 0.6) is 0 Å². The number of hydrogen-bond acceptors (Lipinski definition) is 2. The molecule has 2 heteroatoms. The minimum atomic E-state index is 0.470. The van der Waals surface area contributed by atoms with E-state index in [1.807, 2.05) is 0 Å². The van der Waals surface area contributed by atoms with Gasteiger partial charge in [0.1, 0.15) is 0 Å². The Morgan fingerprint density at radius 2 is 1.93 bits per heavy atom. The lowest BCUT2D eigenvalue weighted by Gasteiger charge is -2.39. The zero-order chi connectivity index (χ0) is 9.97. The Balaban J connectivity index is 1.88. The minimum absolute atomic E-state index is 0.470. The van der Waals surface area contributed by atoms with Crippen LogP contribution in [-0.2, 0) is 0 Å². The summed E-state index contributed by atoms with van der Waals surface area (Å²) in [6, 6.07) is 1.37. The van der Waals surface area contributed by atoms with Gasteiger partial charge in [0.25, 0.3) is 0 Å². The van der Waals surface area contributed by atoms with Gasteiger partial charge in [0.15, 0.2) is 0 Å². The average Bonchev–Trinajstić information content (AvgIpc) is 2.71. The Morgan fingerprint density at radius 3 is 2.57 bits per heavy atom. The van der Waals surface area contributed by atoms with Crippen LogP contribution >= 0.6 is 0 Å². The molecule has 0 spiro atoms. The van der Waals surface area contributed by atoms with Crippen molar-refractivity contribution in [2.75, 3.05) is 13.1 Å². The molecule has 82 valence electrons. The van der Waals surface area contributed by atoms with Crippen molar-refractivity contribution in [2.24, 2.45) is 11.7 Å². The molecule has 1 saturated carbocycles. The smallest absolute Gasteiger partial charge is 0.00953 e. The molecule has 2 unspecified atom stereocenters. The van der Waals surface area contributed by atoms with Crippen LogP contribution in [0.3, 0.4) is 0 Å². The fraction of sp³-hybridized carbons (Fsp3) is 1.00. The van der Waals surface area contributed by atoms with Crippen molar-refractivity contribution in [3.8, 4) is 0 Å². The van der Waals surface area contributed by atoms with E-state index >= 15 is 0 Å². The number of likely N-dealkylation sites (tertiary alicyclic amines) is 1. The second kappa shape index (κ2) is 4.63. The third-order valence-electron chi connectivity index (χ3n) is 4.19. The molecule has 2 nitrogen and oxygen atoms in total. The van der Waals surface area contributed by atoms with Gasteiger partial charge in [0, 0.05) is 18.6 Å². The molecule has 0 aromatic rings. The predicted octanol–water partition coefficient (Wildman–Crippen LogP) is 1.99. The van der Waals surface area contributed by atoms with E-state index in [-0.39, 0.29) is 0 Å². The normalized spacial score (nSPS) is 36.4. The standard InChI is InChI=1S/C12H24N2/c1-2-10-9-14(8-7-12(10)13)11-5-3-4-6-11/h10-12H,2-9,13H2,1H3. The summed E-state index contributed by atoms with van der Waals surface area (Å²) in [5.74, 6) is 0.754. The van der Waals surface area contributed by atoms with Gasteiger partial charge < -0.3 is 5.73 Å². The Bertz CT molecular complexity index is 175. The highest BCUT2D eigenvalue weighted by Gasteiger charge is 2.30. The molecular weight excluding hydrogens is 172 g/mol. The van der Waals surface area contributed by atoms with E-state index in [0.29, 0.717) is 6.04 Å². The molecule has 0 bridgehead atoms. The van der Waals surface area contributed by atoms with Crippen LogP contribution in [0.4, 0.5) is 0 Å². The van der Waals surface area contributed by atoms with Gasteiger partial charge in [0.05, 0.1) is 0 Å². The van der Waals surface area contributed by atoms with Crippen LogP contribution in [0.25, 0.3) is 0 Å². The number of nitrogens with two attached hydrogens (primary N) is 1. The minimum Gasteiger partial charge on any atom is -0.327 e. The predicted molar refractivity (Wildman–Crippen MR) is 60.2 cm³/mol. The zero-order valence-corrected chi connectivity index (χ0v) is 9.41. The third-order valence-corrected chi connectivity index (χ3v) is 4.19. The molecule has 0 radical (unpaired) electrons. The summed E-state index contributed by atoms with van der Waals surface area (Å²) in [6.07, 6.45) is 8.24. The van der Waals surface area contributed by atoms with Crippen molar-refractivity contribution in [3.63, 3.8) is 0 Å². The fourth-order valence-corrected chi connectivity index (χ4v) is 3.11. The maximum atomic E-state index is 6.12. The number of hydrogen-bond donors (Lipinski definition) is 1. The molecule has 14 heavy (non-hydrogen) atoms. The molecule has 2 N–H and O–H groups in total. The quantitative estimate of drug-likeness (QED) is 0.732. The largest absolute Gasteiger partial charge is 0.327 e. The van der Waals surface area contributed by atoms with Crippen LogP contribution in [0.15, 0.2) is 0 Å². The van der Waals surface area contributed by atoms with Crippen molar-refractivity contribution in [1.82, 2.24) is 4.90 Å². The van der Waals surface area contributed by atoms with Crippen LogP contribution < -0.4 is 5.73 Å². The summed E-state index contributed by atoms with van der Waals surface area (Å²) in [5.41, 5.74) is 6.12. The van der Waals surface area contributed by atoms with Gasteiger partial charge >= 0.3 is 0 Å². The van der Waals surface area contributed by atoms with Crippen LogP contribution in [0, 0.1) is 5.92 Å². The van der Waals surface area contributed by atoms with Crippen molar-refractivity contribution in [2.45, 2.75) is 57.5 Å². The summed E-state index contributed by atoms with van der Waals surface area (Å²) in [6.45, 7) is 4.80. The Kier molecular flexibility index (Phi) is 3.45. The van der Waals surface area contributed by atoms with Gasteiger partial charge in [-0.05, 0) is 31.7 Å². The van der Waals surface area contributed by atoms with Gasteiger partial charge in [-0.1, -0.05) is 26.2 Å². The maximum absolute atomic E-state index is 6.12. The third kappa shape index (κ3) is 2.12. The van der Waals surface area contributed by atoms with E-state index in [1.54, 1.807) is 0 Å². The highest BCUT2D eigenvalue weighted by atomic mass is 15.2. The van der Waals surface area contributed by atoms with Crippen molar-refractivity contribution in [1.29, 1.82) is 0 Å². The first-order chi connectivity index (χ1) is 6.81. The average molecular weight is 196 g/mol. The van der Waals surface area contributed by atoms with Crippen LogP contribution in [0.2, 0.25) is 0 Å². The van der Waals surface area contributed by atoms with Crippen molar-refractivity contribution < 1.29 is 0 Å². The molecule has 2 atom stereocenters. The Morgan fingerprint density at radius 1 is 1.21 bits per heavy atom. The topological polar surface area (TPSA) is 29.3 Å². The van der Waals surface area contributed by atoms with Gasteiger partial charge in [-0.15, -0.1) is 0 Å². The van der Waals surface area contributed by atoms with Crippen molar-refractivity contribution in [3.05, 3.63) is 0 Å². The van der Waals surface area contributed by atoms with E-state index in [2.05, 4.69) is 11.8 Å². The van der Waals surface area contributed by atoms with Gasteiger partial charge in [-0.2, -0.15) is 0 Å². The molecular formula is C12H24N2. The molecule has 2 aliphatic rings. The highest BCUT2D eigenvalue weighted by Crippen LogP contribution is 2.28. The molecule has 2 rings (SSSR count). The van der Waals surface area contributed by atoms with Crippen LogP contribution in [0.1, 0.15) is 45.4 Å². The SMILES string of the molecule is CCC1CN(C2CCCC2)CCC1N. The van der Waals surface area contributed by atoms with Gasteiger partial charge in [0.2, 0.25) is 0 Å². The van der Waals surface area contributed by atoms with E-state index in [0.717, 1.165) is 12.0 Å². The monoisotopic (exact) mass is 196 g/mol. The van der Waals surface area contributed by atoms with Gasteiger partial charge in [-0.3, -0.25) is 4.90 Å². The molecule has 0 amide bonds. The van der Waals surface area contributed by atoms with E-state index in [4.69, 9.17) is 5.73 Å². The fourth-order valence-electron chi connectivity index (χ4n) is 3.11. The molecule has 2 fully saturated rings. The van der Waals surface area contributed by atoms with Gasteiger partial charge in [-0.25, -0.2) is 0 Å². The summed E-state index contributed by atoms with van der Waals surface area (Å²) in [7, 11) is 0. The molecule has 1 heterocycles. The van der Waals surface area contributed by atoms with Crippen LogP contribution in [-0.4, -0.2) is 30.1 Å². The van der Waals surface area contributed by atoms with E-state index in [1.165, 1.54) is 51.6 Å². The first kappa shape index (κ1) is 10.4. The maximum Gasteiger partial charge on any atom is 0.00953 e. The summed E-state index contributed by atoms with van der Waals surface area (Å²) in [5, 5.41) is 0. The second-order valence-electron chi connectivity index (χ2n) is 5.05. The first-order valence-electron chi connectivity index (χ1n) is 6.31. The molecule has 1 saturated heterocycles. The molecule has 1 aliphatic carbocycles. The molecule has 0 aromatic heterocycles. The summed E-state index contributed by atoms with van der Waals surface area (Å²) < 4.78 is 0. The lowest BCUT2D eigenvalue weighted by Crippen LogP contribution is -2.49. The lowest BCUT2D eigenvalue weighted by atomic mass is 9.89. The number of piperidine rings is 1. The number of rotatable bonds is 2. The highest BCUT2D eigenvalue weighted by molar-refractivity contribution is 4.87. The summed E-state index contributed by atoms with van der Waals surface area (Å²) in [4.78, 5) is 2.71. The number of nitrogens with zero attached hydrogens (tertiary/aromatic N) is 1. The first-order valence-corrected chi connectivity index (χ1v) is 6.31. The Hall–Kier alpha value is -0.0800. The molecule has 0 aromatic carbocycles. The van der Waals surface area contributed by atoms with Crippen molar-refractivity contribution >= 4 is 0 Å². The lowest BCUT2D eigenvalue weighted by molar-refractivity contribution is 0.108. The second-order valence-corrected chi connectivity index (χ2v) is 5.05. The zero-order valence-electron chi connectivity index (χ0n) is 9.41. The molecule has 1 aliphatic heterocycles. The van der Waals surface area contributed by atoms with E-state index in [9.17, 15) is 0 Å².